The normalized spacial score (nSPS) is 10.9. The number of carbonyl (C=O) groups excluding carboxylic acids is 1. The van der Waals surface area contributed by atoms with Crippen LogP contribution in [-0.4, -0.2) is 20.7 Å². The molecule has 4 rings (SSSR count). The van der Waals surface area contributed by atoms with Gasteiger partial charge in [0.2, 0.25) is 5.91 Å². The van der Waals surface area contributed by atoms with Gasteiger partial charge in [0.1, 0.15) is 5.69 Å². The molecule has 2 aromatic carbocycles. The number of nitrogens with zero attached hydrogens (tertiary/aromatic N) is 3. The summed E-state index contributed by atoms with van der Waals surface area (Å²) < 4.78 is 1.79. The third kappa shape index (κ3) is 4.42. The molecule has 0 aliphatic rings. The number of carbonyl (C=O) groups is 1. The second-order valence-electron chi connectivity index (χ2n) is 6.26. The first-order valence-corrected chi connectivity index (χ1v) is 9.37. The molecule has 29 heavy (non-hydrogen) atoms. The highest BCUT2D eigenvalue weighted by molar-refractivity contribution is 6.33. The van der Waals surface area contributed by atoms with Crippen LogP contribution in [0.5, 0.6) is 0 Å². The van der Waals surface area contributed by atoms with Crippen molar-refractivity contribution in [3.05, 3.63) is 102 Å². The standard InChI is InChI=1S/C23H17ClN4O/c24-20-10-4-5-11-21(20)26-22(29)13-12-18-16-28(19-8-2-1-3-9-19)27-23(18)17-7-6-14-25-15-17/h1-16H,(H,26,29)/b13-12+. The third-order valence-corrected chi connectivity index (χ3v) is 4.57. The van der Waals surface area contributed by atoms with E-state index in [1.807, 2.05) is 60.8 Å². The van der Waals surface area contributed by atoms with Gasteiger partial charge in [-0.05, 0) is 42.5 Å². The van der Waals surface area contributed by atoms with Crippen molar-refractivity contribution in [1.29, 1.82) is 0 Å². The minimum absolute atomic E-state index is 0.275. The Bertz CT molecular complexity index is 1150. The number of amides is 1. The number of benzene rings is 2. The van der Waals surface area contributed by atoms with Gasteiger partial charge in [0.15, 0.2) is 0 Å². The van der Waals surface area contributed by atoms with E-state index in [4.69, 9.17) is 16.7 Å². The summed E-state index contributed by atoms with van der Waals surface area (Å²) in [7, 11) is 0. The maximum atomic E-state index is 12.4. The molecule has 2 heterocycles. The highest BCUT2D eigenvalue weighted by Crippen LogP contribution is 2.24. The van der Waals surface area contributed by atoms with Crippen molar-refractivity contribution in [3.8, 4) is 16.9 Å². The van der Waals surface area contributed by atoms with Crippen molar-refractivity contribution in [2.45, 2.75) is 0 Å². The Balaban J connectivity index is 1.65. The number of nitrogens with one attached hydrogen (secondary N) is 1. The molecule has 6 heteroatoms. The summed E-state index contributed by atoms with van der Waals surface area (Å²) in [5.41, 5.74) is 3.90. The smallest absolute Gasteiger partial charge is 0.248 e. The minimum Gasteiger partial charge on any atom is -0.321 e. The molecule has 0 aliphatic carbocycles. The average molecular weight is 401 g/mol. The van der Waals surface area contributed by atoms with Crippen LogP contribution in [0, 0.1) is 0 Å². The number of halogens is 1. The molecule has 1 amide bonds. The zero-order valence-electron chi connectivity index (χ0n) is 15.4. The van der Waals surface area contributed by atoms with Gasteiger partial charge in [-0.15, -0.1) is 0 Å². The molecular formula is C23H17ClN4O. The Kier molecular flexibility index (Phi) is 5.49. The molecule has 2 aromatic heterocycles. The van der Waals surface area contributed by atoms with Gasteiger partial charge in [0, 0.05) is 35.8 Å². The number of aromatic nitrogens is 3. The van der Waals surface area contributed by atoms with Crippen LogP contribution in [0.4, 0.5) is 5.69 Å². The van der Waals surface area contributed by atoms with Crippen molar-refractivity contribution in [1.82, 2.24) is 14.8 Å². The van der Waals surface area contributed by atoms with Gasteiger partial charge in [-0.25, -0.2) is 4.68 Å². The number of para-hydroxylation sites is 2. The fourth-order valence-corrected chi connectivity index (χ4v) is 3.03. The highest BCUT2D eigenvalue weighted by atomic mass is 35.5. The highest BCUT2D eigenvalue weighted by Gasteiger charge is 2.11. The average Bonchev–Trinajstić information content (AvgIpc) is 3.20. The van der Waals surface area contributed by atoms with Gasteiger partial charge in [-0.1, -0.05) is 41.9 Å². The lowest BCUT2D eigenvalue weighted by Crippen LogP contribution is -2.07. The molecule has 0 atom stereocenters. The summed E-state index contributed by atoms with van der Waals surface area (Å²) in [5, 5.41) is 7.97. The summed E-state index contributed by atoms with van der Waals surface area (Å²) in [6.45, 7) is 0. The van der Waals surface area contributed by atoms with E-state index in [1.165, 1.54) is 6.08 Å². The van der Waals surface area contributed by atoms with Crippen LogP contribution in [0.3, 0.4) is 0 Å². The Morgan fingerprint density at radius 3 is 2.55 bits per heavy atom. The fourth-order valence-electron chi connectivity index (χ4n) is 2.85. The second-order valence-corrected chi connectivity index (χ2v) is 6.66. The lowest BCUT2D eigenvalue weighted by atomic mass is 10.1. The molecule has 0 unspecified atom stereocenters. The van der Waals surface area contributed by atoms with Crippen molar-refractivity contribution in [3.63, 3.8) is 0 Å². The largest absolute Gasteiger partial charge is 0.321 e. The minimum atomic E-state index is -0.275. The summed E-state index contributed by atoms with van der Waals surface area (Å²) in [4.78, 5) is 16.5. The predicted molar refractivity (Wildman–Crippen MR) is 116 cm³/mol. The SMILES string of the molecule is O=C(/C=C/c1cn(-c2ccccc2)nc1-c1cccnc1)Nc1ccccc1Cl. The zero-order valence-corrected chi connectivity index (χ0v) is 16.1. The first kappa shape index (κ1) is 18.7. The van der Waals surface area contributed by atoms with Gasteiger partial charge >= 0.3 is 0 Å². The summed E-state index contributed by atoms with van der Waals surface area (Å²) in [6.07, 6.45) is 8.55. The van der Waals surface area contributed by atoms with Crippen LogP contribution >= 0.6 is 11.6 Å². The van der Waals surface area contributed by atoms with E-state index in [1.54, 1.807) is 35.3 Å². The molecule has 0 radical (unpaired) electrons. The number of rotatable bonds is 5. The van der Waals surface area contributed by atoms with Crippen LogP contribution in [0.25, 0.3) is 23.0 Å². The van der Waals surface area contributed by atoms with Crippen LogP contribution in [-0.2, 0) is 4.79 Å². The molecule has 0 bridgehead atoms. The van der Waals surface area contributed by atoms with Crippen molar-refractivity contribution in [2.24, 2.45) is 0 Å². The molecule has 5 nitrogen and oxygen atoms in total. The van der Waals surface area contributed by atoms with E-state index in [9.17, 15) is 4.79 Å². The second kappa shape index (κ2) is 8.54. The molecule has 1 N–H and O–H groups in total. The van der Waals surface area contributed by atoms with E-state index in [0.717, 1.165) is 22.5 Å². The molecular weight excluding hydrogens is 384 g/mol. The van der Waals surface area contributed by atoms with Gasteiger partial charge in [-0.3, -0.25) is 9.78 Å². The number of pyridine rings is 1. The molecule has 0 spiro atoms. The first-order valence-electron chi connectivity index (χ1n) is 9.00. The van der Waals surface area contributed by atoms with E-state index in [2.05, 4.69) is 10.3 Å². The van der Waals surface area contributed by atoms with Crippen molar-refractivity contribution in [2.75, 3.05) is 5.32 Å². The Morgan fingerprint density at radius 2 is 1.79 bits per heavy atom. The van der Waals surface area contributed by atoms with E-state index >= 15 is 0 Å². The molecule has 142 valence electrons. The van der Waals surface area contributed by atoms with E-state index < -0.39 is 0 Å². The van der Waals surface area contributed by atoms with Crippen LogP contribution in [0.2, 0.25) is 5.02 Å². The van der Waals surface area contributed by atoms with Gasteiger partial charge < -0.3 is 5.32 Å². The van der Waals surface area contributed by atoms with Gasteiger partial charge in [-0.2, -0.15) is 5.10 Å². The zero-order chi connectivity index (χ0) is 20.1. The lowest BCUT2D eigenvalue weighted by Gasteiger charge is -2.03. The predicted octanol–water partition coefficient (Wildman–Crippen LogP) is 5.24. The Labute approximate surface area is 173 Å². The number of anilines is 1. The Morgan fingerprint density at radius 1 is 1.00 bits per heavy atom. The third-order valence-electron chi connectivity index (χ3n) is 4.24. The van der Waals surface area contributed by atoms with E-state index in [-0.39, 0.29) is 5.91 Å². The van der Waals surface area contributed by atoms with Crippen LogP contribution < -0.4 is 5.32 Å². The van der Waals surface area contributed by atoms with Gasteiger partial charge in [0.05, 0.1) is 16.4 Å². The maximum absolute atomic E-state index is 12.4. The van der Waals surface area contributed by atoms with Crippen molar-refractivity contribution < 1.29 is 4.79 Å². The Hall–Kier alpha value is -3.70. The first-order chi connectivity index (χ1) is 14.2. The molecule has 0 saturated heterocycles. The molecule has 0 aliphatic heterocycles. The van der Waals surface area contributed by atoms with Crippen LogP contribution in [0.15, 0.2) is 91.4 Å². The van der Waals surface area contributed by atoms with Gasteiger partial charge in [0.25, 0.3) is 0 Å². The topological polar surface area (TPSA) is 59.8 Å². The quantitative estimate of drug-likeness (QED) is 0.466. The summed E-state index contributed by atoms with van der Waals surface area (Å²) in [6, 6.07) is 20.7. The van der Waals surface area contributed by atoms with E-state index in [0.29, 0.717) is 10.7 Å². The monoisotopic (exact) mass is 400 g/mol. The number of hydrogen-bond acceptors (Lipinski definition) is 3. The lowest BCUT2D eigenvalue weighted by molar-refractivity contribution is -0.111. The summed E-state index contributed by atoms with van der Waals surface area (Å²) >= 11 is 6.10. The summed E-state index contributed by atoms with van der Waals surface area (Å²) in [5.74, 6) is -0.275. The maximum Gasteiger partial charge on any atom is 0.248 e. The number of hydrogen-bond donors (Lipinski definition) is 1. The van der Waals surface area contributed by atoms with Crippen molar-refractivity contribution >= 4 is 29.3 Å². The van der Waals surface area contributed by atoms with Crippen LogP contribution in [0.1, 0.15) is 5.56 Å². The molecule has 0 fully saturated rings. The fraction of sp³-hybridized carbons (Fsp3) is 0. The molecule has 4 aromatic rings. The molecule has 0 saturated carbocycles.